The summed E-state index contributed by atoms with van der Waals surface area (Å²) in [6, 6.07) is 0. The summed E-state index contributed by atoms with van der Waals surface area (Å²) in [6.07, 6.45) is 1.18. The average Bonchev–Trinajstić information content (AvgIpc) is 3.18. The van der Waals surface area contributed by atoms with E-state index in [1.807, 2.05) is 0 Å². The van der Waals surface area contributed by atoms with E-state index < -0.39 is 0 Å². The molecule has 0 saturated carbocycles. The lowest BCUT2D eigenvalue weighted by molar-refractivity contribution is 0.0536. The van der Waals surface area contributed by atoms with Crippen molar-refractivity contribution in [2.45, 2.75) is 27.2 Å². The number of guanidine groups is 1. The summed E-state index contributed by atoms with van der Waals surface area (Å²) in [7, 11) is 1.71. The van der Waals surface area contributed by atoms with Crippen molar-refractivity contribution in [2.24, 2.45) is 16.8 Å². The molecule has 2 heterocycles. The van der Waals surface area contributed by atoms with Crippen molar-refractivity contribution in [2.75, 3.05) is 92.4 Å². The Morgan fingerprint density at radius 1 is 1.10 bits per heavy atom. The number of hydrogen-bond donors (Lipinski definition) is 1. The SMILES string of the molecule is CCNC(=NCC(C)CN1CCN(CC)CC1)N1CCC(COCCOC)C1.I. The number of likely N-dealkylation sites (N-methyl/N-ethyl adjacent to an activating group) is 1. The summed E-state index contributed by atoms with van der Waals surface area (Å²) >= 11 is 0. The lowest BCUT2D eigenvalue weighted by Crippen LogP contribution is -2.47. The van der Waals surface area contributed by atoms with Gasteiger partial charge in [-0.2, -0.15) is 0 Å². The zero-order valence-corrected chi connectivity index (χ0v) is 21.4. The van der Waals surface area contributed by atoms with Crippen molar-refractivity contribution in [3.8, 4) is 0 Å². The van der Waals surface area contributed by atoms with Crippen LogP contribution >= 0.6 is 24.0 Å². The Labute approximate surface area is 195 Å². The zero-order valence-electron chi connectivity index (χ0n) is 19.1. The Bertz CT molecular complexity index is 447. The van der Waals surface area contributed by atoms with E-state index in [-0.39, 0.29) is 24.0 Å². The minimum atomic E-state index is 0. The van der Waals surface area contributed by atoms with Crippen molar-refractivity contribution < 1.29 is 9.47 Å². The van der Waals surface area contributed by atoms with Gasteiger partial charge in [0, 0.05) is 71.9 Å². The summed E-state index contributed by atoms with van der Waals surface area (Å²) in [5.41, 5.74) is 0. The van der Waals surface area contributed by atoms with Gasteiger partial charge in [-0.15, -0.1) is 24.0 Å². The van der Waals surface area contributed by atoms with E-state index in [0.717, 1.165) is 45.3 Å². The number of aliphatic imine (C=N–C) groups is 1. The van der Waals surface area contributed by atoms with Gasteiger partial charge in [0.25, 0.3) is 0 Å². The molecule has 2 unspecified atom stereocenters. The van der Waals surface area contributed by atoms with Gasteiger partial charge in [-0.05, 0) is 25.8 Å². The molecular formula is C21H44IN5O2. The van der Waals surface area contributed by atoms with Gasteiger partial charge in [-0.25, -0.2) is 0 Å². The molecule has 172 valence electrons. The maximum atomic E-state index is 5.72. The summed E-state index contributed by atoms with van der Waals surface area (Å²) in [6.45, 7) is 19.9. The van der Waals surface area contributed by atoms with Crippen LogP contribution in [0.4, 0.5) is 0 Å². The van der Waals surface area contributed by atoms with E-state index >= 15 is 0 Å². The number of piperazine rings is 1. The second-order valence-corrected chi connectivity index (χ2v) is 8.20. The molecule has 0 amide bonds. The van der Waals surface area contributed by atoms with Crippen LogP contribution in [0.15, 0.2) is 4.99 Å². The Balaban J connectivity index is 0.00000420. The number of ether oxygens (including phenoxy) is 2. The lowest BCUT2D eigenvalue weighted by atomic mass is 10.1. The van der Waals surface area contributed by atoms with Crippen molar-refractivity contribution in [1.29, 1.82) is 0 Å². The van der Waals surface area contributed by atoms with Crippen LogP contribution in [0, 0.1) is 11.8 Å². The van der Waals surface area contributed by atoms with Crippen LogP contribution in [0.2, 0.25) is 0 Å². The van der Waals surface area contributed by atoms with Crippen LogP contribution in [0.5, 0.6) is 0 Å². The highest BCUT2D eigenvalue weighted by Gasteiger charge is 2.25. The highest BCUT2D eigenvalue weighted by Crippen LogP contribution is 2.17. The number of nitrogens with one attached hydrogen (secondary N) is 1. The molecule has 0 bridgehead atoms. The van der Waals surface area contributed by atoms with Crippen LogP contribution in [-0.4, -0.2) is 113 Å². The fourth-order valence-electron chi connectivity index (χ4n) is 4.01. The minimum absolute atomic E-state index is 0. The lowest BCUT2D eigenvalue weighted by Gasteiger charge is -2.35. The quantitative estimate of drug-likeness (QED) is 0.192. The van der Waals surface area contributed by atoms with Gasteiger partial charge in [-0.1, -0.05) is 13.8 Å². The van der Waals surface area contributed by atoms with Crippen LogP contribution in [0.3, 0.4) is 0 Å². The van der Waals surface area contributed by atoms with Gasteiger partial charge < -0.3 is 29.5 Å². The molecule has 2 fully saturated rings. The molecule has 0 spiro atoms. The number of nitrogens with zero attached hydrogens (tertiary/aromatic N) is 4. The molecule has 29 heavy (non-hydrogen) atoms. The Morgan fingerprint density at radius 2 is 1.83 bits per heavy atom. The molecule has 7 nitrogen and oxygen atoms in total. The molecule has 2 saturated heterocycles. The molecule has 2 aliphatic heterocycles. The summed E-state index contributed by atoms with van der Waals surface area (Å²) in [5, 5.41) is 3.49. The Hall–Kier alpha value is -0.160. The standard InChI is InChI=1S/C21H43N5O2.HI/c1-5-22-21(26-8-7-20(17-26)18-28-14-13-27-4)23-15-19(3)16-25-11-9-24(6-2)10-12-25;/h19-20H,5-18H2,1-4H3,(H,22,23);1H. The van der Waals surface area contributed by atoms with Gasteiger partial charge >= 0.3 is 0 Å². The average molecular weight is 526 g/mol. The van der Waals surface area contributed by atoms with Crippen LogP contribution < -0.4 is 5.32 Å². The third-order valence-electron chi connectivity index (χ3n) is 5.74. The van der Waals surface area contributed by atoms with Crippen molar-refractivity contribution in [3.63, 3.8) is 0 Å². The molecule has 2 rings (SSSR count). The molecule has 0 aromatic rings. The first-order valence-electron chi connectivity index (χ1n) is 11.2. The van der Waals surface area contributed by atoms with Crippen molar-refractivity contribution in [1.82, 2.24) is 20.0 Å². The summed E-state index contributed by atoms with van der Waals surface area (Å²) < 4.78 is 10.8. The predicted octanol–water partition coefficient (Wildman–Crippen LogP) is 1.83. The highest BCUT2D eigenvalue weighted by molar-refractivity contribution is 14.0. The molecule has 0 aromatic carbocycles. The summed E-state index contributed by atoms with van der Waals surface area (Å²) in [5.74, 6) is 2.25. The molecule has 0 aliphatic carbocycles. The summed E-state index contributed by atoms with van der Waals surface area (Å²) in [4.78, 5) is 12.5. The minimum Gasteiger partial charge on any atom is -0.382 e. The third kappa shape index (κ3) is 10.1. The first-order chi connectivity index (χ1) is 13.7. The molecule has 8 heteroatoms. The maximum absolute atomic E-state index is 5.72. The second kappa shape index (κ2) is 15.6. The first-order valence-corrected chi connectivity index (χ1v) is 11.2. The molecule has 2 atom stereocenters. The molecule has 0 radical (unpaired) electrons. The number of rotatable bonds is 11. The van der Waals surface area contributed by atoms with Crippen LogP contribution in [0.25, 0.3) is 0 Å². The van der Waals surface area contributed by atoms with Gasteiger partial charge in [0.2, 0.25) is 0 Å². The van der Waals surface area contributed by atoms with Crippen LogP contribution in [0.1, 0.15) is 27.2 Å². The van der Waals surface area contributed by atoms with E-state index in [0.29, 0.717) is 25.0 Å². The van der Waals surface area contributed by atoms with Crippen LogP contribution in [-0.2, 0) is 9.47 Å². The monoisotopic (exact) mass is 525 g/mol. The second-order valence-electron chi connectivity index (χ2n) is 8.20. The maximum Gasteiger partial charge on any atom is 0.193 e. The zero-order chi connectivity index (χ0) is 20.2. The van der Waals surface area contributed by atoms with E-state index in [4.69, 9.17) is 14.5 Å². The molecule has 0 aromatic heterocycles. The largest absolute Gasteiger partial charge is 0.382 e. The number of methoxy groups -OCH3 is 1. The number of hydrogen-bond acceptors (Lipinski definition) is 5. The fraction of sp³-hybridized carbons (Fsp3) is 0.952. The van der Waals surface area contributed by atoms with Crippen molar-refractivity contribution >= 4 is 29.9 Å². The smallest absolute Gasteiger partial charge is 0.193 e. The molecule has 2 aliphatic rings. The van der Waals surface area contributed by atoms with E-state index in [1.54, 1.807) is 7.11 Å². The molecular weight excluding hydrogens is 481 g/mol. The Kier molecular flexibility index (Phi) is 14.5. The predicted molar refractivity (Wildman–Crippen MR) is 131 cm³/mol. The van der Waals surface area contributed by atoms with Gasteiger partial charge in [0.05, 0.1) is 19.8 Å². The number of likely N-dealkylation sites (tertiary alicyclic amines) is 1. The molecule has 1 N–H and O–H groups in total. The van der Waals surface area contributed by atoms with Gasteiger partial charge in [0.1, 0.15) is 0 Å². The van der Waals surface area contributed by atoms with Gasteiger partial charge in [-0.3, -0.25) is 4.99 Å². The highest BCUT2D eigenvalue weighted by atomic mass is 127. The number of halogens is 1. The van der Waals surface area contributed by atoms with Gasteiger partial charge in [0.15, 0.2) is 5.96 Å². The van der Waals surface area contributed by atoms with E-state index in [2.05, 4.69) is 40.8 Å². The normalized spacial score (nSPS) is 22.6. The third-order valence-corrected chi connectivity index (χ3v) is 5.74. The van der Waals surface area contributed by atoms with E-state index in [9.17, 15) is 0 Å². The van der Waals surface area contributed by atoms with E-state index in [1.165, 1.54) is 39.1 Å². The topological polar surface area (TPSA) is 52.6 Å². The first kappa shape index (κ1) is 26.9. The Morgan fingerprint density at radius 3 is 2.48 bits per heavy atom. The fourth-order valence-corrected chi connectivity index (χ4v) is 4.01. The van der Waals surface area contributed by atoms with Crippen molar-refractivity contribution in [3.05, 3.63) is 0 Å².